The maximum Gasteiger partial charge on any atom is 0.269 e. The molecule has 0 unspecified atom stereocenters. The number of nitrogens with two attached hydrogens (primary N) is 1. The summed E-state index contributed by atoms with van der Waals surface area (Å²) in [5.74, 6) is -2.49. The van der Waals surface area contributed by atoms with Gasteiger partial charge in [-0.05, 0) is 29.8 Å². The lowest BCUT2D eigenvalue weighted by Gasteiger charge is -2.14. The van der Waals surface area contributed by atoms with Gasteiger partial charge in [0.05, 0.1) is 12.8 Å². The zero-order valence-corrected chi connectivity index (χ0v) is 13.3. The van der Waals surface area contributed by atoms with E-state index in [0.29, 0.717) is 5.75 Å². The van der Waals surface area contributed by atoms with Crippen molar-refractivity contribution in [3.8, 4) is 17.3 Å². The Morgan fingerprint density at radius 1 is 1.29 bits per heavy atom. The predicted molar refractivity (Wildman–Crippen MR) is 84.0 cm³/mol. The molecule has 0 aliphatic rings. The van der Waals surface area contributed by atoms with Gasteiger partial charge in [0.1, 0.15) is 17.1 Å². The molecular formula is C14H14N2O7S. The lowest BCUT2D eigenvalue weighted by molar-refractivity contribution is 0.0996. The molecule has 1 heterocycles. The van der Waals surface area contributed by atoms with Crippen LogP contribution in [0.5, 0.6) is 11.6 Å². The maximum absolute atomic E-state index is 12.2. The van der Waals surface area contributed by atoms with Crippen LogP contribution in [0.3, 0.4) is 0 Å². The van der Waals surface area contributed by atoms with E-state index in [1.807, 2.05) is 0 Å². The normalized spacial score (nSPS) is 11.2. The number of rotatable bonds is 5. The fourth-order valence-corrected chi connectivity index (χ4v) is 2.83. The molecular weight excluding hydrogens is 340 g/mol. The molecule has 2 aromatic rings. The second kappa shape index (κ2) is 6.34. The number of carbonyl (C=O) groups excluding carboxylic acids is 1. The van der Waals surface area contributed by atoms with E-state index >= 15 is 0 Å². The number of primary amides is 1. The van der Waals surface area contributed by atoms with E-state index in [1.165, 1.54) is 31.4 Å². The van der Waals surface area contributed by atoms with Crippen LogP contribution in [0, 0.1) is 0 Å². The largest absolute Gasteiger partial charge is 0.497 e. The first-order valence-electron chi connectivity index (χ1n) is 6.51. The fourth-order valence-electron chi connectivity index (χ4n) is 2.21. The Bertz CT molecular complexity index is 946. The second-order valence-electron chi connectivity index (χ2n) is 4.83. The summed E-state index contributed by atoms with van der Waals surface area (Å²) in [5, 5.41) is 10.3. The summed E-state index contributed by atoms with van der Waals surface area (Å²) >= 11 is 0. The van der Waals surface area contributed by atoms with Gasteiger partial charge in [-0.3, -0.25) is 14.1 Å². The molecule has 1 aromatic carbocycles. The number of ether oxygens (including phenoxy) is 1. The quantitative estimate of drug-likeness (QED) is 0.642. The molecule has 2 rings (SSSR count). The van der Waals surface area contributed by atoms with Crippen LogP contribution in [-0.2, 0) is 15.9 Å². The molecule has 1 aromatic heterocycles. The zero-order valence-electron chi connectivity index (χ0n) is 12.5. The molecule has 10 heteroatoms. The first-order valence-corrected chi connectivity index (χ1v) is 8.12. The Morgan fingerprint density at radius 3 is 2.33 bits per heavy atom. The summed E-state index contributed by atoms with van der Waals surface area (Å²) in [6.07, 6.45) is 0. The van der Waals surface area contributed by atoms with Crippen LogP contribution in [0.15, 0.2) is 35.1 Å². The third-order valence-electron chi connectivity index (χ3n) is 3.19. The zero-order chi connectivity index (χ0) is 18.1. The van der Waals surface area contributed by atoms with Crippen molar-refractivity contribution in [3.63, 3.8) is 0 Å². The highest BCUT2D eigenvalue weighted by molar-refractivity contribution is 7.85. The average molecular weight is 354 g/mol. The Kier molecular flexibility index (Phi) is 4.62. The third kappa shape index (κ3) is 3.55. The van der Waals surface area contributed by atoms with Crippen LogP contribution in [0.2, 0.25) is 0 Å². The van der Waals surface area contributed by atoms with Crippen molar-refractivity contribution in [1.29, 1.82) is 0 Å². The van der Waals surface area contributed by atoms with Crippen molar-refractivity contribution in [2.75, 3.05) is 7.11 Å². The summed E-state index contributed by atoms with van der Waals surface area (Å²) in [6.45, 7) is 0. The minimum Gasteiger partial charge on any atom is -0.497 e. The molecule has 0 spiro atoms. The van der Waals surface area contributed by atoms with Gasteiger partial charge in [-0.25, -0.2) is 4.57 Å². The number of aromatic hydroxyl groups is 1. The van der Waals surface area contributed by atoms with Crippen molar-refractivity contribution in [3.05, 3.63) is 51.8 Å². The van der Waals surface area contributed by atoms with Gasteiger partial charge in [0.2, 0.25) is 5.88 Å². The summed E-state index contributed by atoms with van der Waals surface area (Å²) in [4.78, 5) is 23.8. The standard InChI is InChI=1S/C14H14N2O7S/c1-23-10-4-2-9(3-5-10)16-11(17)6-8(7-24(20,21)22)12(13(15)18)14(16)19/h2-6,19H,7H2,1H3,(H2,15,18)(H,20,21,22). The number of methoxy groups -OCH3 is 1. The van der Waals surface area contributed by atoms with E-state index in [0.717, 1.165) is 10.6 Å². The molecule has 0 fully saturated rings. The molecule has 24 heavy (non-hydrogen) atoms. The Hall–Kier alpha value is -2.85. The molecule has 0 aliphatic heterocycles. The molecule has 0 radical (unpaired) electrons. The third-order valence-corrected chi connectivity index (χ3v) is 3.87. The summed E-state index contributed by atoms with van der Waals surface area (Å²) in [5.41, 5.74) is 3.61. The molecule has 4 N–H and O–H groups in total. The molecule has 1 amide bonds. The number of pyridine rings is 1. The van der Waals surface area contributed by atoms with Gasteiger partial charge in [-0.2, -0.15) is 8.42 Å². The molecule has 0 saturated carbocycles. The van der Waals surface area contributed by atoms with Gasteiger partial charge in [0, 0.05) is 6.07 Å². The molecule has 0 bridgehead atoms. The Labute approximate surface area is 136 Å². The summed E-state index contributed by atoms with van der Waals surface area (Å²) in [6, 6.07) is 6.77. The van der Waals surface area contributed by atoms with Gasteiger partial charge in [0.25, 0.3) is 21.6 Å². The average Bonchev–Trinajstić information content (AvgIpc) is 2.45. The molecule has 0 atom stereocenters. The van der Waals surface area contributed by atoms with E-state index < -0.39 is 44.3 Å². The number of benzene rings is 1. The minimum atomic E-state index is -4.54. The SMILES string of the molecule is COc1ccc(-n2c(O)c(C(N)=O)c(CS(=O)(=O)O)cc2=O)cc1. The van der Waals surface area contributed by atoms with E-state index in [-0.39, 0.29) is 5.69 Å². The van der Waals surface area contributed by atoms with Crippen molar-refractivity contribution in [2.45, 2.75) is 5.75 Å². The highest BCUT2D eigenvalue weighted by Gasteiger charge is 2.23. The van der Waals surface area contributed by atoms with Crippen molar-refractivity contribution in [1.82, 2.24) is 4.57 Å². The molecule has 9 nitrogen and oxygen atoms in total. The van der Waals surface area contributed by atoms with Crippen LogP contribution in [0.1, 0.15) is 15.9 Å². The number of hydrogen-bond donors (Lipinski definition) is 3. The van der Waals surface area contributed by atoms with Crippen LogP contribution in [-0.4, -0.2) is 35.7 Å². The predicted octanol–water partition coefficient (Wildman–Crippen LogP) is 0.0384. The van der Waals surface area contributed by atoms with Crippen LogP contribution in [0.4, 0.5) is 0 Å². The summed E-state index contributed by atoms with van der Waals surface area (Å²) < 4.78 is 36.7. The van der Waals surface area contributed by atoms with Crippen LogP contribution >= 0.6 is 0 Å². The number of nitrogens with zero attached hydrogens (tertiary/aromatic N) is 1. The van der Waals surface area contributed by atoms with E-state index in [9.17, 15) is 23.1 Å². The number of hydrogen-bond acceptors (Lipinski definition) is 6. The van der Waals surface area contributed by atoms with Crippen molar-refractivity contribution in [2.24, 2.45) is 5.73 Å². The smallest absolute Gasteiger partial charge is 0.269 e. The minimum absolute atomic E-state index is 0.208. The van der Waals surface area contributed by atoms with E-state index in [4.69, 9.17) is 15.0 Å². The molecule has 128 valence electrons. The van der Waals surface area contributed by atoms with Gasteiger partial charge in [-0.15, -0.1) is 0 Å². The lowest BCUT2D eigenvalue weighted by Crippen LogP contribution is -2.25. The number of amides is 1. The number of carbonyl (C=O) groups is 1. The van der Waals surface area contributed by atoms with Crippen LogP contribution < -0.4 is 16.0 Å². The monoisotopic (exact) mass is 354 g/mol. The fraction of sp³-hybridized carbons (Fsp3) is 0.143. The molecule has 0 aliphatic carbocycles. The van der Waals surface area contributed by atoms with Crippen molar-refractivity contribution >= 4 is 16.0 Å². The lowest BCUT2D eigenvalue weighted by atomic mass is 10.1. The van der Waals surface area contributed by atoms with Crippen LogP contribution in [0.25, 0.3) is 5.69 Å². The highest BCUT2D eigenvalue weighted by Crippen LogP contribution is 2.24. The Morgan fingerprint density at radius 2 is 1.88 bits per heavy atom. The second-order valence-corrected chi connectivity index (χ2v) is 6.28. The highest BCUT2D eigenvalue weighted by atomic mass is 32.2. The van der Waals surface area contributed by atoms with Gasteiger partial charge in [-0.1, -0.05) is 0 Å². The van der Waals surface area contributed by atoms with Gasteiger partial charge >= 0.3 is 0 Å². The topological polar surface area (TPSA) is 149 Å². The van der Waals surface area contributed by atoms with E-state index in [1.54, 1.807) is 0 Å². The molecule has 0 saturated heterocycles. The van der Waals surface area contributed by atoms with E-state index in [2.05, 4.69) is 0 Å². The van der Waals surface area contributed by atoms with Gasteiger partial charge < -0.3 is 15.6 Å². The van der Waals surface area contributed by atoms with Crippen molar-refractivity contribution < 1.29 is 27.6 Å². The summed E-state index contributed by atoms with van der Waals surface area (Å²) in [7, 11) is -3.08. The Balaban J connectivity index is 2.72. The maximum atomic E-state index is 12.2. The first kappa shape index (κ1) is 17.5. The van der Waals surface area contributed by atoms with Gasteiger partial charge in [0.15, 0.2) is 0 Å². The first-order chi connectivity index (χ1) is 11.1. The number of aromatic nitrogens is 1.